The summed E-state index contributed by atoms with van der Waals surface area (Å²) in [7, 11) is 0. The van der Waals surface area contributed by atoms with Crippen molar-refractivity contribution >= 4 is 17.3 Å². The van der Waals surface area contributed by atoms with Crippen LogP contribution in [0.25, 0.3) is 11.5 Å². The molecule has 2 aromatic heterocycles. The van der Waals surface area contributed by atoms with Gasteiger partial charge in [-0.3, -0.25) is 0 Å². The second-order valence-electron chi connectivity index (χ2n) is 7.92. The third-order valence-corrected chi connectivity index (χ3v) is 3.79. The number of hydrogen-bond acceptors (Lipinski definition) is 5. The number of aromatic nitrogens is 3. The Kier molecular flexibility index (Phi) is 5.65. The molecule has 0 atom stereocenters. The van der Waals surface area contributed by atoms with Crippen molar-refractivity contribution in [1.82, 2.24) is 15.0 Å². The molecule has 0 saturated heterocycles. The maximum Gasteiger partial charge on any atom is 0.286 e. The van der Waals surface area contributed by atoms with Gasteiger partial charge < -0.3 is 10.6 Å². The van der Waals surface area contributed by atoms with Crippen LogP contribution in [-0.2, 0) is 5.92 Å². The third kappa shape index (κ3) is 5.65. The van der Waals surface area contributed by atoms with E-state index in [1.54, 1.807) is 6.07 Å². The van der Waals surface area contributed by atoms with E-state index in [0.29, 0.717) is 5.82 Å². The van der Waals surface area contributed by atoms with E-state index in [1.807, 2.05) is 20.8 Å². The molecule has 0 unspecified atom stereocenters. The van der Waals surface area contributed by atoms with E-state index in [2.05, 4.69) is 25.6 Å². The summed E-state index contributed by atoms with van der Waals surface area (Å²) in [6.07, 6.45) is 0. The number of nitrogens with zero attached hydrogens (tertiary/aromatic N) is 3. The van der Waals surface area contributed by atoms with Crippen LogP contribution in [0.5, 0.6) is 0 Å². The highest BCUT2D eigenvalue weighted by Gasteiger charge is 2.26. The van der Waals surface area contributed by atoms with Crippen LogP contribution in [0.2, 0.25) is 0 Å². The highest BCUT2D eigenvalue weighted by atomic mass is 19.3. The van der Waals surface area contributed by atoms with Crippen LogP contribution in [0.15, 0.2) is 42.5 Å². The molecule has 0 radical (unpaired) electrons. The molecule has 0 fully saturated rings. The normalized spacial score (nSPS) is 12.0. The van der Waals surface area contributed by atoms with Crippen LogP contribution in [0.3, 0.4) is 0 Å². The zero-order chi connectivity index (χ0) is 22.1. The minimum atomic E-state index is -3.13. The summed E-state index contributed by atoms with van der Waals surface area (Å²) in [6.45, 7) is 6.50. The Morgan fingerprint density at radius 3 is 2.03 bits per heavy atom. The van der Waals surface area contributed by atoms with Crippen molar-refractivity contribution in [2.45, 2.75) is 39.2 Å². The Balaban J connectivity index is 2.06. The number of benzene rings is 1. The van der Waals surface area contributed by atoms with E-state index < -0.39 is 23.3 Å². The van der Waals surface area contributed by atoms with E-state index >= 15 is 0 Å². The highest BCUT2D eigenvalue weighted by Crippen LogP contribution is 2.28. The van der Waals surface area contributed by atoms with Gasteiger partial charge in [-0.15, -0.1) is 0 Å². The fourth-order valence-electron chi connectivity index (χ4n) is 2.65. The van der Waals surface area contributed by atoms with Gasteiger partial charge in [0.05, 0.1) is 0 Å². The van der Waals surface area contributed by atoms with Crippen molar-refractivity contribution in [2.24, 2.45) is 0 Å². The van der Waals surface area contributed by atoms with Gasteiger partial charge in [0.15, 0.2) is 5.82 Å². The lowest BCUT2D eigenvalue weighted by Gasteiger charge is -2.22. The molecule has 2 N–H and O–H groups in total. The predicted octanol–water partition coefficient (Wildman–Crippen LogP) is 5.88. The SMILES string of the molecule is CC(C)(C)Nc1cc(Nc2cc(F)cc(F)c2)nc(-c2cccc(C(C)(F)F)n2)n1. The van der Waals surface area contributed by atoms with Gasteiger partial charge in [0.25, 0.3) is 5.92 Å². The monoisotopic (exact) mass is 419 g/mol. The van der Waals surface area contributed by atoms with Crippen LogP contribution in [0.4, 0.5) is 34.9 Å². The number of halogens is 4. The molecule has 3 aromatic rings. The maximum atomic E-state index is 13.7. The number of rotatable bonds is 5. The van der Waals surface area contributed by atoms with Crippen LogP contribution >= 0.6 is 0 Å². The van der Waals surface area contributed by atoms with Crippen molar-refractivity contribution in [3.63, 3.8) is 0 Å². The first-order valence-electron chi connectivity index (χ1n) is 9.15. The highest BCUT2D eigenvalue weighted by molar-refractivity contribution is 5.64. The third-order valence-electron chi connectivity index (χ3n) is 3.79. The first kappa shape index (κ1) is 21.5. The number of nitrogens with one attached hydrogen (secondary N) is 2. The molecule has 2 heterocycles. The molecule has 0 saturated carbocycles. The lowest BCUT2D eigenvalue weighted by atomic mass is 10.1. The molecule has 9 heteroatoms. The van der Waals surface area contributed by atoms with Gasteiger partial charge in [-0.2, -0.15) is 8.78 Å². The Labute approximate surface area is 171 Å². The summed E-state index contributed by atoms with van der Waals surface area (Å²) in [6, 6.07) is 8.69. The molecule has 30 heavy (non-hydrogen) atoms. The van der Waals surface area contributed by atoms with Crippen LogP contribution < -0.4 is 10.6 Å². The van der Waals surface area contributed by atoms with Gasteiger partial charge in [0.2, 0.25) is 0 Å². The Morgan fingerprint density at radius 1 is 0.800 bits per heavy atom. The molecular weight excluding hydrogens is 398 g/mol. The predicted molar refractivity (Wildman–Crippen MR) is 108 cm³/mol. The molecule has 0 aliphatic carbocycles. The van der Waals surface area contributed by atoms with Gasteiger partial charge in [-0.1, -0.05) is 6.07 Å². The first-order valence-corrected chi connectivity index (χ1v) is 9.15. The van der Waals surface area contributed by atoms with E-state index in [4.69, 9.17) is 0 Å². The largest absolute Gasteiger partial charge is 0.365 e. The molecule has 0 spiro atoms. The first-order chi connectivity index (χ1) is 13.9. The van der Waals surface area contributed by atoms with Crippen molar-refractivity contribution in [2.75, 3.05) is 10.6 Å². The van der Waals surface area contributed by atoms with E-state index in [-0.39, 0.29) is 28.6 Å². The van der Waals surface area contributed by atoms with Gasteiger partial charge in [0, 0.05) is 30.3 Å². The van der Waals surface area contributed by atoms with Crippen LogP contribution in [0.1, 0.15) is 33.4 Å². The standard InChI is InChI=1S/C21H21F4N5/c1-20(2,3)30-18-11-17(26-14-9-12(22)8-13(23)10-14)28-19(29-18)15-6-5-7-16(27-15)21(4,24)25/h5-11H,1-4H3,(H2,26,28,29,30). The van der Waals surface area contributed by atoms with Crippen LogP contribution in [-0.4, -0.2) is 20.5 Å². The summed E-state index contributed by atoms with van der Waals surface area (Å²) in [5.41, 5.74) is -0.500. The zero-order valence-corrected chi connectivity index (χ0v) is 16.9. The molecule has 0 bridgehead atoms. The summed E-state index contributed by atoms with van der Waals surface area (Å²) in [4.78, 5) is 12.6. The van der Waals surface area contributed by atoms with Crippen molar-refractivity contribution in [3.05, 3.63) is 59.8 Å². The molecule has 1 aromatic carbocycles. The Hall–Kier alpha value is -3.23. The lowest BCUT2D eigenvalue weighted by Crippen LogP contribution is -2.27. The quantitative estimate of drug-likeness (QED) is 0.506. The molecular formula is C21H21F4N5. The van der Waals surface area contributed by atoms with Gasteiger partial charge in [-0.25, -0.2) is 23.7 Å². The summed E-state index contributed by atoms with van der Waals surface area (Å²) in [5.74, 6) is -3.94. The van der Waals surface area contributed by atoms with E-state index in [1.165, 1.54) is 18.2 Å². The second kappa shape index (κ2) is 7.89. The van der Waals surface area contributed by atoms with Crippen molar-refractivity contribution in [1.29, 1.82) is 0 Å². The van der Waals surface area contributed by atoms with Crippen LogP contribution in [0, 0.1) is 11.6 Å². The molecule has 158 valence electrons. The minimum absolute atomic E-state index is 0.0784. The summed E-state index contributed by atoms with van der Waals surface area (Å²) in [5, 5.41) is 5.99. The van der Waals surface area contributed by atoms with E-state index in [9.17, 15) is 17.6 Å². The van der Waals surface area contributed by atoms with Gasteiger partial charge in [-0.05, 0) is 45.0 Å². The number of alkyl halides is 2. The molecule has 3 rings (SSSR count). The smallest absolute Gasteiger partial charge is 0.286 e. The lowest BCUT2D eigenvalue weighted by molar-refractivity contribution is 0.0129. The van der Waals surface area contributed by atoms with Gasteiger partial charge >= 0.3 is 0 Å². The zero-order valence-electron chi connectivity index (χ0n) is 16.9. The molecule has 5 nitrogen and oxygen atoms in total. The summed E-state index contributed by atoms with van der Waals surface area (Å²) < 4.78 is 54.4. The Bertz CT molecular complexity index is 1040. The van der Waals surface area contributed by atoms with E-state index in [0.717, 1.165) is 25.1 Å². The fraction of sp³-hybridized carbons (Fsp3) is 0.286. The number of anilines is 3. The minimum Gasteiger partial charge on any atom is -0.365 e. The van der Waals surface area contributed by atoms with Crippen molar-refractivity contribution < 1.29 is 17.6 Å². The summed E-state index contributed by atoms with van der Waals surface area (Å²) >= 11 is 0. The average molecular weight is 419 g/mol. The maximum absolute atomic E-state index is 13.7. The van der Waals surface area contributed by atoms with Gasteiger partial charge in [0.1, 0.15) is 34.7 Å². The Morgan fingerprint density at radius 2 is 1.43 bits per heavy atom. The average Bonchev–Trinajstić information content (AvgIpc) is 2.58. The molecule has 0 aliphatic rings. The second-order valence-corrected chi connectivity index (χ2v) is 7.92. The fourth-order valence-corrected chi connectivity index (χ4v) is 2.65. The molecule has 0 amide bonds. The topological polar surface area (TPSA) is 62.7 Å². The van der Waals surface area contributed by atoms with Crippen molar-refractivity contribution in [3.8, 4) is 11.5 Å². The number of hydrogen-bond donors (Lipinski definition) is 2. The molecule has 0 aliphatic heterocycles. The number of pyridine rings is 1.